The van der Waals surface area contributed by atoms with E-state index in [1.54, 1.807) is 0 Å². The summed E-state index contributed by atoms with van der Waals surface area (Å²) in [5, 5.41) is 7.97. The molecule has 1 aliphatic carbocycles. The lowest BCUT2D eigenvalue weighted by Gasteiger charge is -2.30. The maximum Gasteiger partial charge on any atom is 0.0537 e. The summed E-state index contributed by atoms with van der Waals surface area (Å²) in [5.41, 5.74) is 1.30. The first-order valence-electron chi connectivity index (χ1n) is 6.93. The fourth-order valence-corrected chi connectivity index (χ4v) is 2.85. The Morgan fingerprint density at radius 2 is 2.12 bits per heavy atom. The Morgan fingerprint density at radius 1 is 1.41 bits per heavy atom. The second-order valence-corrected chi connectivity index (χ2v) is 5.46. The van der Waals surface area contributed by atoms with Gasteiger partial charge in [-0.25, -0.2) is 0 Å². The average Bonchev–Trinajstić information content (AvgIpc) is 2.77. The maximum absolute atomic E-state index is 4.23. The lowest BCUT2D eigenvalue weighted by atomic mass is 9.84. The van der Waals surface area contributed by atoms with Gasteiger partial charge in [-0.05, 0) is 38.5 Å². The Kier molecular flexibility index (Phi) is 4.21. The van der Waals surface area contributed by atoms with E-state index in [1.807, 2.05) is 17.9 Å². The second kappa shape index (κ2) is 5.67. The molecule has 1 unspecified atom stereocenters. The van der Waals surface area contributed by atoms with Gasteiger partial charge in [0.05, 0.1) is 6.20 Å². The van der Waals surface area contributed by atoms with Crippen molar-refractivity contribution in [2.24, 2.45) is 13.0 Å². The Morgan fingerprint density at radius 3 is 2.65 bits per heavy atom. The smallest absolute Gasteiger partial charge is 0.0537 e. The van der Waals surface area contributed by atoms with E-state index in [0.29, 0.717) is 12.1 Å². The molecular weight excluding hydrogens is 210 g/mol. The van der Waals surface area contributed by atoms with Crippen molar-refractivity contribution in [1.82, 2.24) is 15.1 Å². The molecule has 0 aromatic carbocycles. The number of aromatic nitrogens is 2. The van der Waals surface area contributed by atoms with Crippen molar-refractivity contribution < 1.29 is 0 Å². The Balaban J connectivity index is 1.81. The number of nitrogens with zero attached hydrogens (tertiary/aromatic N) is 2. The van der Waals surface area contributed by atoms with E-state index in [0.717, 1.165) is 5.92 Å². The van der Waals surface area contributed by atoms with Crippen molar-refractivity contribution in [1.29, 1.82) is 0 Å². The summed E-state index contributed by atoms with van der Waals surface area (Å²) in [4.78, 5) is 0. The topological polar surface area (TPSA) is 29.9 Å². The zero-order chi connectivity index (χ0) is 12.3. The van der Waals surface area contributed by atoms with Crippen LogP contribution in [0.15, 0.2) is 12.4 Å². The fourth-order valence-electron chi connectivity index (χ4n) is 2.85. The molecule has 3 heteroatoms. The maximum atomic E-state index is 4.23. The zero-order valence-corrected chi connectivity index (χ0v) is 11.3. The minimum atomic E-state index is 0.423. The van der Waals surface area contributed by atoms with Crippen molar-refractivity contribution in [2.45, 2.75) is 58.0 Å². The normalized spacial score (nSPS) is 27.0. The van der Waals surface area contributed by atoms with Crippen LogP contribution < -0.4 is 5.32 Å². The van der Waals surface area contributed by atoms with E-state index in [9.17, 15) is 0 Å². The molecule has 1 aromatic heterocycles. The summed E-state index contributed by atoms with van der Waals surface area (Å²) >= 11 is 0. The highest BCUT2D eigenvalue weighted by molar-refractivity contribution is 5.09. The van der Waals surface area contributed by atoms with Crippen molar-refractivity contribution in [2.75, 3.05) is 0 Å². The van der Waals surface area contributed by atoms with Gasteiger partial charge >= 0.3 is 0 Å². The van der Waals surface area contributed by atoms with Crippen LogP contribution in [0, 0.1) is 5.92 Å². The molecule has 0 amide bonds. The third-order valence-corrected chi connectivity index (χ3v) is 4.13. The predicted molar refractivity (Wildman–Crippen MR) is 70.8 cm³/mol. The predicted octanol–water partition coefficient (Wildman–Crippen LogP) is 3.04. The molecule has 0 aliphatic heterocycles. The van der Waals surface area contributed by atoms with Gasteiger partial charge in [-0.2, -0.15) is 5.10 Å². The van der Waals surface area contributed by atoms with Crippen LogP contribution in [0.3, 0.4) is 0 Å². The van der Waals surface area contributed by atoms with Gasteiger partial charge in [0.2, 0.25) is 0 Å². The number of rotatable bonds is 4. The van der Waals surface area contributed by atoms with E-state index >= 15 is 0 Å². The molecule has 1 heterocycles. The molecule has 0 spiro atoms. The van der Waals surface area contributed by atoms with Gasteiger partial charge in [0.25, 0.3) is 0 Å². The highest BCUT2D eigenvalue weighted by Gasteiger charge is 2.21. The Hall–Kier alpha value is -0.830. The summed E-state index contributed by atoms with van der Waals surface area (Å²) in [5.74, 6) is 0.974. The molecular formula is C14H25N3. The van der Waals surface area contributed by atoms with Gasteiger partial charge in [-0.15, -0.1) is 0 Å². The van der Waals surface area contributed by atoms with Crippen LogP contribution in [0.5, 0.6) is 0 Å². The molecule has 1 aromatic rings. The van der Waals surface area contributed by atoms with Gasteiger partial charge in [-0.3, -0.25) is 4.68 Å². The molecule has 17 heavy (non-hydrogen) atoms. The van der Waals surface area contributed by atoms with Crippen molar-refractivity contribution in [3.63, 3.8) is 0 Å². The average molecular weight is 235 g/mol. The number of nitrogens with one attached hydrogen (secondary N) is 1. The monoisotopic (exact) mass is 235 g/mol. The summed E-state index contributed by atoms with van der Waals surface area (Å²) in [6.07, 6.45) is 10.9. The fraction of sp³-hybridized carbons (Fsp3) is 0.786. The Bertz CT molecular complexity index is 337. The van der Waals surface area contributed by atoms with Gasteiger partial charge in [-0.1, -0.05) is 13.3 Å². The molecule has 0 bridgehead atoms. The summed E-state index contributed by atoms with van der Waals surface area (Å²) < 4.78 is 1.88. The van der Waals surface area contributed by atoms with Gasteiger partial charge < -0.3 is 5.32 Å². The van der Waals surface area contributed by atoms with Crippen molar-refractivity contribution in [3.05, 3.63) is 18.0 Å². The summed E-state index contributed by atoms with van der Waals surface area (Å²) in [7, 11) is 1.97. The van der Waals surface area contributed by atoms with E-state index in [4.69, 9.17) is 0 Å². The highest BCUT2D eigenvalue weighted by Crippen LogP contribution is 2.27. The Labute approximate surface area is 105 Å². The first kappa shape index (κ1) is 12.6. The van der Waals surface area contributed by atoms with Crippen molar-refractivity contribution in [3.8, 4) is 0 Å². The quantitative estimate of drug-likeness (QED) is 0.869. The molecule has 0 radical (unpaired) electrons. The second-order valence-electron chi connectivity index (χ2n) is 5.46. The number of hydrogen-bond acceptors (Lipinski definition) is 2. The first-order chi connectivity index (χ1) is 8.19. The van der Waals surface area contributed by atoms with E-state index < -0.39 is 0 Å². The third-order valence-electron chi connectivity index (χ3n) is 4.13. The van der Waals surface area contributed by atoms with Crippen LogP contribution in [-0.2, 0) is 7.05 Å². The summed E-state index contributed by atoms with van der Waals surface area (Å²) in [6.45, 7) is 4.56. The lowest BCUT2D eigenvalue weighted by Crippen LogP contribution is -2.34. The standard InChI is InChI=1S/C14H25N3/c1-4-12-5-7-14(8-6-12)16-11(2)13-9-15-17(3)10-13/h9-12,14,16H,4-8H2,1-3H3. The van der Waals surface area contributed by atoms with Gasteiger partial charge in [0.15, 0.2) is 0 Å². The number of aryl methyl sites for hydroxylation is 1. The number of hydrogen-bond donors (Lipinski definition) is 1. The summed E-state index contributed by atoms with van der Waals surface area (Å²) in [6, 6.07) is 1.12. The zero-order valence-electron chi connectivity index (χ0n) is 11.3. The van der Waals surface area contributed by atoms with Crippen LogP contribution in [-0.4, -0.2) is 15.8 Å². The molecule has 96 valence electrons. The highest BCUT2D eigenvalue weighted by atomic mass is 15.2. The van der Waals surface area contributed by atoms with Crippen LogP contribution in [0.25, 0.3) is 0 Å². The SMILES string of the molecule is CCC1CCC(NC(C)c2cnn(C)c2)CC1. The van der Waals surface area contributed by atoms with Crippen molar-refractivity contribution >= 4 is 0 Å². The third kappa shape index (κ3) is 3.32. The first-order valence-corrected chi connectivity index (χ1v) is 6.93. The molecule has 3 nitrogen and oxygen atoms in total. The molecule has 1 atom stereocenters. The van der Waals surface area contributed by atoms with Crippen LogP contribution >= 0.6 is 0 Å². The molecule has 1 fully saturated rings. The minimum Gasteiger partial charge on any atom is -0.307 e. The van der Waals surface area contributed by atoms with Crippen LogP contribution in [0.4, 0.5) is 0 Å². The molecule has 2 rings (SSSR count). The van der Waals surface area contributed by atoms with E-state index in [-0.39, 0.29) is 0 Å². The largest absolute Gasteiger partial charge is 0.307 e. The van der Waals surface area contributed by atoms with Gasteiger partial charge in [0, 0.05) is 30.9 Å². The molecule has 0 saturated heterocycles. The molecule has 1 aliphatic rings. The van der Waals surface area contributed by atoms with Gasteiger partial charge in [0.1, 0.15) is 0 Å². The molecule has 1 saturated carbocycles. The molecule has 1 N–H and O–H groups in total. The van der Waals surface area contributed by atoms with E-state index in [1.165, 1.54) is 37.7 Å². The van der Waals surface area contributed by atoms with E-state index in [2.05, 4.69) is 30.5 Å². The minimum absolute atomic E-state index is 0.423. The van der Waals surface area contributed by atoms with Crippen LogP contribution in [0.2, 0.25) is 0 Å². The lowest BCUT2D eigenvalue weighted by molar-refractivity contribution is 0.273. The van der Waals surface area contributed by atoms with Crippen LogP contribution in [0.1, 0.15) is 57.6 Å².